The average Bonchev–Trinajstić information content (AvgIpc) is 3.21. The Morgan fingerprint density at radius 2 is 1.90 bits per heavy atom. The lowest BCUT2D eigenvalue weighted by atomic mass is 10.2. The zero-order valence-electron chi connectivity index (χ0n) is 16.5. The number of aliphatic imine (C=N–C) groups is 1. The van der Waals surface area contributed by atoms with Crippen LogP contribution in [0.15, 0.2) is 52.4 Å². The minimum absolute atomic E-state index is 0. The molecule has 0 aliphatic carbocycles. The molecule has 11 nitrogen and oxygen atoms in total. The zero-order chi connectivity index (χ0) is 21.6. The fourth-order valence-electron chi connectivity index (χ4n) is 2.67. The van der Waals surface area contributed by atoms with Gasteiger partial charge < -0.3 is 20.1 Å². The van der Waals surface area contributed by atoms with Crippen molar-refractivity contribution in [3.05, 3.63) is 58.1 Å². The maximum absolute atomic E-state index is 12.3. The van der Waals surface area contributed by atoms with Gasteiger partial charge in [-0.25, -0.2) is 13.1 Å². The van der Waals surface area contributed by atoms with Crippen molar-refractivity contribution in [1.82, 2.24) is 15.4 Å². The van der Waals surface area contributed by atoms with Crippen molar-refractivity contribution >= 4 is 45.6 Å². The third-order valence-corrected chi connectivity index (χ3v) is 5.63. The van der Waals surface area contributed by atoms with Crippen molar-refractivity contribution in [3.8, 4) is 11.5 Å². The lowest BCUT2D eigenvalue weighted by molar-refractivity contribution is -0.385. The fourth-order valence-corrected chi connectivity index (χ4v) is 3.74. The SMILES string of the molecule is CN=C(NCCNS(=O)(=O)c1cccc([N+](=O)[O-])c1)NCc1ccc2c(c1)OCO2.I. The minimum atomic E-state index is -3.86. The molecule has 1 aliphatic rings. The predicted molar refractivity (Wildman–Crippen MR) is 124 cm³/mol. The minimum Gasteiger partial charge on any atom is -0.454 e. The summed E-state index contributed by atoms with van der Waals surface area (Å²) in [4.78, 5) is 14.1. The number of nitro groups is 1. The molecule has 1 aliphatic heterocycles. The van der Waals surface area contributed by atoms with Crippen molar-refractivity contribution in [2.24, 2.45) is 4.99 Å². The van der Waals surface area contributed by atoms with Gasteiger partial charge in [0.1, 0.15) is 0 Å². The third kappa shape index (κ3) is 6.67. The van der Waals surface area contributed by atoms with Crippen molar-refractivity contribution in [2.45, 2.75) is 11.4 Å². The van der Waals surface area contributed by atoms with E-state index in [1.807, 2.05) is 18.2 Å². The van der Waals surface area contributed by atoms with Crippen LogP contribution in [0.5, 0.6) is 11.5 Å². The van der Waals surface area contributed by atoms with Crippen LogP contribution in [-0.4, -0.2) is 46.2 Å². The number of nitro benzene ring substituents is 1. The molecular weight excluding hydrogens is 541 g/mol. The topological polar surface area (TPSA) is 144 Å². The van der Waals surface area contributed by atoms with Crippen molar-refractivity contribution in [3.63, 3.8) is 0 Å². The first-order valence-corrected chi connectivity index (χ1v) is 10.4. The van der Waals surface area contributed by atoms with Crippen LogP contribution in [0.4, 0.5) is 5.69 Å². The largest absolute Gasteiger partial charge is 0.454 e. The summed E-state index contributed by atoms with van der Waals surface area (Å²) in [5.41, 5.74) is 0.678. The number of ether oxygens (including phenoxy) is 2. The lowest BCUT2D eigenvalue weighted by Gasteiger charge is -2.13. The molecule has 0 saturated carbocycles. The summed E-state index contributed by atoms with van der Waals surface area (Å²) in [7, 11) is -2.26. The lowest BCUT2D eigenvalue weighted by Crippen LogP contribution is -2.41. The Labute approximate surface area is 196 Å². The Hall–Kier alpha value is -2.65. The van der Waals surface area contributed by atoms with E-state index < -0.39 is 14.9 Å². The first-order chi connectivity index (χ1) is 14.4. The highest BCUT2D eigenvalue weighted by Gasteiger charge is 2.17. The van der Waals surface area contributed by atoms with Crippen LogP contribution in [0.3, 0.4) is 0 Å². The van der Waals surface area contributed by atoms with Gasteiger partial charge in [0.2, 0.25) is 16.8 Å². The Bertz CT molecular complexity index is 1060. The van der Waals surface area contributed by atoms with Crippen LogP contribution in [0.25, 0.3) is 0 Å². The molecule has 0 amide bonds. The van der Waals surface area contributed by atoms with Crippen LogP contribution in [0, 0.1) is 10.1 Å². The molecule has 13 heteroatoms. The van der Waals surface area contributed by atoms with Gasteiger partial charge in [-0.15, -0.1) is 24.0 Å². The molecule has 1 heterocycles. The first kappa shape index (κ1) is 24.6. The molecule has 0 bridgehead atoms. The molecule has 3 rings (SSSR count). The van der Waals surface area contributed by atoms with E-state index in [-0.39, 0.29) is 54.4 Å². The van der Waals surface area contributed by atoms with Crippen molar-refractivity contribution in [2.75, 3.05) is 26.9 Å². The number of hydrogen-bond donors (Lipinski definition) is 3. The molecule has 0 unspecified atom stereocenters. The number of sulfonamides is 1. The van der Waals surface area contributed by atoms with Gasteiger partial charge in [-0.1, -0.05) is 12.1 Å². The molecule has 3 N–H and O–H groups in total. The van der Waals surface area contributed by atoms with Crippen LogP contribution in [0.1, 0.15) is 5.56 Å². The van der Waals surface area contributed by atoms with Crippen molar-refractivity contribution < 1.29 is 22.8 Å². The smallest absolute Gasteiger partial charge is 0.270 e. The van der Waals surface area contributed by atoms with Crippen molar-refractivity contribution in [1.29, 1.82) is 0 Å². The monoisotopic (exact) mass is 563 g/mol. The Balaban J connectivity index is 0.00000341. The Kier molecular flexibility index (Phi) is 8.82. The maximum atomic E-state index is 12.3. The van der Waals surface area contributed by atoms with Gasteiger partial charge in [0.05, 0.1) is 9.82 Å². The van der Waals surface area contributed by atoms with Crippen LogP contribution in [0.2, 0.25) is 0 Å². The molecule has 0 spiro atoms. The number of fused-ring (bicyclic) bond motifs is 1. The summed E-state index contributed by atoms with van der Waals surface area (Å²) in [6, 6.07) is 10.5. The molecular formula is C18H22IN5O6S. The summed E-state index contributed by atoms with van der Waals surface area (Å²) in [6.45, 7) is 1.02. The maximum Gasteiger partial charge on any atom is 0.270 e. The summed E-state index contributed by atoms with van der Waals surface area (Å²) in [6.07, 6.45) is 0. The average molecular weight is 563 g/mol. The van der Waals surface area contributed by atoms with E-state index in [0.717, 1.165) is 11.6 Å². The van der Waals surface area contributed by atoms with E-state index in [2.05, 4.69) is 20.3 Å². The summed E-state index contributed by atoms with van der Waals surface area (Å²) >= 11 is 0. The first-order valence-electron chi connectivity index (χ1n) is 8.96. The zero-order valence-corrected chi connectivity index (χ0v) is 19.7. The summed E-state index contributed by atoms with van der Waals surface area (Å²) < 4.78 is 37.6. The van der Waals surface area contributed by atoms with E-state index in [0.29, 0.717) is 24.0 Å². The standard InChI is InChI=1S/C18H21N5O6S.HI/c1-19-18(21-11-13-5-6-16-17(9-13)29-12-28-16)20-7-8-22-30(26,27)15-4-2-3-14(10-15)23(24)25;/h2-6,9-10,22H,7-8,11-12H2,1H3,(H2,19,20,21);1H. The molecule has 2 aromatic carbocycles. The molecule has 0 aromatic heterocycles. The Morgan fingerprint density at radius 3 is 2.65 bits per heavy atom. The molecule has 0 fully saturated rings. The molecule has 0 saturated heterocycles. The predicted octanol–water partition coefficient (Wildman–Crippen LogP) is 1.59. The summed E-state index contributed by atoms with van der Waals surface area (Å²) in [5, 5.41) is 16.9. The number of guanidine groups is 1. The van der Waals surface area contributed by atoms with Crippen LogP contribution < -0.4 is 24.8 Å². The number of hydrogen-bond acceptors (Lipinski definition) is 7. The van der Waals surface area contributed by atoms with Gasteiger partial charge >= 0.3 is 0 Å². The van der Waals surface area contributed by atoms with Gasteiger partial charge in [-0.3, -0.25) is 15.1 Å². The highest BCUT2D eigenvalue weighted by molar-refractivity contribution is 14.0. The second kappa shape index (κ2) is 11.1. The fraction of sp³-hybridized carbons (Fsp3) is 0.278. The quantitative estimate of drug-likeness (QED) is 0.110. The number of nitrogens with one attached hydrogen (secondary N) is 3. The van der Waals surface area contributed by atoms with Crippen LogP contribution >= 0.6 is 24.0 Å². The van der Waals surface area contributed by atoms with Gasteiger partial charge in [-0.05, 0) is 23.8 Å². The van der Waals surface area contributed by atoms with E-state index in [9.17, 15) is 18.5 Å². The highest BCUT2D eigenvalue weighted by Crippen LogP contribution is 2.32. The molecule has 168 valence electrons. The third-order valence-electron chi connectivity index (χ3n) is 4.17. The van der Waals surface area contributed by atoms with Gasteiger partial charge in [0.25, 0.3) is 5.69 Å². The van der Waals surface area contributed by atoms with Crippen LogP contribution in [-0.2, 0) is 16.6 Å². The van der Waals surface area contributed by atoms with Gasteiger partial charge in [0, 0.05) is 38.8 Å². The number of halogens is 1. The second-order valence-corrected chi connectivity index (χ2v) is 7.96. The Morgan fingerprint density at radius 1 is 1.13 bits per heavy atom. The molecule has 31 heavy (non-hydrogen) atoms. The normalized spacial score (nSPS) is 12.7. The summed E-state index contributed by atoms with van der Waals surface area (Å²) in [5.74, 6) is 1.88. The van der Waals surface area contributed by atoms with Gasteiger partial charge in [-0.2, -0.15) is 0 Å². The number of non-ortho nitro benzene ring substituents is 1. The van der Waals surface area contributed by atoms with E-state index in [1.54, 1.807) is 7.05 Å². The number of benzene rings is 2. The molecule has 2 aromatic rings. The molecule has 0 atom stereocenters. The number of nitrogens with zero attached hydrogens (tertiary/aromatic N) is 2. The second-order valence-electron chi connectivity index (χ2n) is 6.19. The van der Waals surface area contributed by atoms with E-state index >= 15 is 0 Å². The van der Waals surface area contributed by atoms with E-state index in [4.69, 9.17) is 9.47 Å². The highest BCUT2D eigenvalue weighted by atomic mass is 127. The number of rotatable bonds is 8. The van der Waals surface area contributed by atoms with E-state index in [1.165, 1.54) is 18.2 Å². The van der Waals surface area contributed by atoms with Gasteiger partial charge in [0.15, 0.2) is 17.5 Å². The molecule has 0 radical (unpaired) electrons.